The van der Waals surface area contributed by atoms with Crippen LogP contribution >= 0.6 is 0 Å². The molecule has 0 bridgehead atoms. The zero-order valence-electron chi connectivity index (χ0n) is 13.7. The second-order valence-electron chi connectivity index (χ2n) is 4.02. The summed E-state index contributed by atoms with van der Waals surface area (Å²) < 4.78 is 5.07. The Hall–Kier alpha value is -2.48. The molecule has 0 spiro atoms. The van der Waals surface area contributed by atoms with Gasteiger partial charge < -0.3 is 15.4 Å². The Morgan fingerprint density at radius 2 is 2.00 bits per heavy atom. The van der Waals surface area contributed by atoms with E-state index in [1.807, 2.05) is 19.9 Å². The highest BCUT2D eigenvalue weighted by Gasteiger charge is 2.13. The van der Waals surface area contributed by atoms with Crippen molar-refractivity contribution in [2.45, 2.75) is 33.8 Å². The van der Waals surface area contributed by atoms with E-state index < -0.39 is 0 Å². The maximum atomic E-state index is 12.0. The van der Waals surface area contributed by atoms with Crippen molar-refractivity contribution in [1.29, 1.82) is 0 Å². The van der Waals surface area contributed by atoms with Crippen LogP contribution in [0.25, 0.3) is 0 Å². The van der Waals surface area contributed by atoms with Gasteiger partial charge in [-0.05, 0) is 12.1 Å². The van der Waals surface area contributed by atoms with Gasteiger partial charge in [-0.3, -0.25) is 9.59 Å². The summed E-state index contributed by atoms with van der Waals surface area (Å²) in [4.78, 5) is 23.2. The first-order valence-corrected chi connectivity index (χ1v) is 7.30. The van der Waals surface area contributed by atoms with E-state index in [9.17, 15) is 9.59 Å². The van der Waals surface area contributed by atoms with Crippen molar-refractivity contribution >= 4 is 17.6 Å². The fraction of sp³-hybridized carbons (Fsp3) is 0.412. The van der Waals surface area contributed by atoms with Crippen LogP contribution in [0.1, 0.15) is 43.1 Å². The van der Waals surface area contributed by atoms with Gasteiger partial charge in [-0.2, -0.15) is 0 Å². The molecule has 0 radical (unpaired) electrons. The number of anilines is 1. The number of hydrogen-bond donors (Lipinski definition) is 2. The third-order valence-corrected chi connectivity index (χ3v) is 2.67. The number of carbonyl (C=O) groups is 2. The molecular weight excluding hydrogens is 280 g/mol. The molecule has 0 fully saturated rings. The first-order valence-electron chi connectivity index (χ1n) is 7.30. The summed E-state index contributed by atoms with van der Waals surface area (Å²) >= 11 is 0. The molecule has 0 saturated heterocycles. The number of carbonyl (C=O) groups excluding carboxylic acids is 2. The third-order valence-electron chi connectivity index (χ3n) is 2.67. The lowest BCUT2D eigenvalue weighted by Gasteiger charge is -2.11. The van der Waals surface area contributed by atoms with Crippen LogP contribution in [0.2, 0.25) is 0 Å². The van der Waals surface area contributed by atoms with Gasteiger partial charge in [0.25, 0.3) is 5.91 Å². The molecule has 0 aliphatic rings. The van der Waals surface area contributed by atoms with Crippen LogP contribution in [0.4, 0.5) is 5.69 Å². The quantitative estimate of drug-likeness (QED) is 0.626. The maximum Gasteiger partial charge on any atom is 0.305 e. The Morgan fingerprint density at radius 3 is 2.55 bits per heavy atom. The van der Waals surface area contributed by atoms with E-state index in [1.165, 1.54) is 0 Å². The molecule has 5 nitrogen and oxygen atoms in total. The highest BCUT2D eigenvalue weighted by molar-refractivity contribution is 5.96. The lowest BCUT2D eigenvalue weighted by molar-refractivity contribution is -0.144. The van der Waals surface area contributed by atoms with Gasteiger partial charge in [-0.1, -0.05) is 32.8 Å². The van der Waals surface area contributed by atoms with Gasteiger partial charge in [0, 0.05) is 30.3 Å². The van der Waals surface area contributed by atoms with E-state index in [0.717, 1.165) is 5.69 Å². The number of nitrogens with one attached hydrogen (secondary N) is 2. The monoisotopic (exact) mass is 304 g/mol. The number of terminal acetylenes is 1. The molecule has 0 aliphatic carbocycles. The minimum atomic E-state index is -0.308. The Morgan fingerprint density at radius 1 is 1.32 bits per heavy atom. The van der Waals surface area contributed by atoms with Gasteiger partial charge in [0.15, 0.2) is 0 Å². The molecule has 1 rings (SSSR count). The van der Waals surface area contributed by atoms with Crippen LogP contribution in [0.5, 0.6) is 0 Å². The van der Waals surface area contributed by atoms with Crippen molar-refractivity contribution in [2.75, 3.05) is 18.9 Å². The fourth-order valence-electron chi connectivity index (χ4n) is 1.56. The predicted molar refractivity (Wildman–Crippen MR) is 88.6 cm³/mol. The van der Waals surface area contributed by atoms with E-state index in [0.29, 0.717) is 17.5 Å². The third kappa shape index (κ3) is 6.31. The van der Waals surface area contributed by atoms with E-state index in [2.05, 4.69) is 16.6 Å². The Labute approximate surface area is 132 Å². The van der Waals surface area contributed by atoms with Gasteiger partial charge in [0.05, 0.1) is 6.54 Å². The summed E-state index contributed by atoms with van der Waals surface area (Å²) in [5.74, 6) is 1.75. The Kier molecular flexibility index (Phi) is 9.95. The average Bonchev–Trinajstić information content (AvgIpc) is 2.58. The van der Waals surface area contributed by atoms with Crippen molar-refractivity contribution < 1.29 is 14.3 Å². The van der Waals surface area contributed by atoms with Gasteiger partial charge in [0.1, 0.15) is 6.61 Å². The molecular formula is C17H24N2O3. The molecule has 1 amide bonds. The van der Waals surface area contributed by atoms with Crippen molar-refractivity contribution in [2.24, 2.45) is 0 Å². The summed E-state index contributed by atoms with van der Waals surface area (Å²) in [5.41, 5.74) is 1.87. The van der Waals surface area contributed by atoms with E-state index in [-0.39, 0.29) is 25.0 Å². The summed E-state index contributed by atoms with van der Waals surface area (Å²) in [6, 6.07) is 5.26. The van der Waals surface area contributed by atoms with Gasteiger partial charge in [-0.25, -0.2) is 0 Å². The zero-order chi connectivity index (χ0) is 17.0. The highest BCUT2D eigenvalue weighted by Crippen LogP contribution is 2.17. The molecule has 2 N–H and O–H groups in total. The standard InChI is InChI=1S/C15H18N2O3.C2H6/c1-4-8-17-15(19)13-9-12(16-3)7-6-11(13)10-20-14(18)5-2;1-2/h1,6-7,9,16H,5,8,10H2,2-3H3,(H,17,19);1-2H3. The number of benzene rings is 1. The summed E-state index contributed by atoms with van der Waals surface area (Å²) in [6.45, 7) is 5.93. The summed E-state index contributed by atoms with van der Waals surface area (Å²) in [7, 11) is 1.76. The van der Waals surface area contributed by atoms with Crippen LogP contribution in [0.3, 0.4) is 0 Å². The normalized spacial score (nSPS) is 8.86. The topological polar surface area (TPSA) is 67.4 Å². The second-order valence-corrected chi connectivity index (χ2v) is 4.02. The summed E-state index contributed by atoms with van der Waals surface area (Å²) in [5, 5.41) is 5.55. The van der Waals surface area contributed by atoms with Crippen LogP contribution in [-0.2, 0) is 16.1 Å². The van der Waals surface area contributed by atoms with Crippen molar-refractivity contribution in [3.8, 4) is 12.3 Å². The van der Waals surface area contributed by atoms with Gasteiger partial charge in [0.2, 0.25) is 0 Å². The molecule has 1 aromatic carbocycles. The fourth-order valence-corrected chi connectivity index (χ4v) is 1.56. The lowest BCUT2D eigenvalue weighted by atomic mass is 10.1. The first-order chi connectivity index (χ1) is 10.6. The molecule has 1 aromatic rings. The minimum Gasteiger partial charge on any atom is -0.461 e. The number of esters is 1. The van der Waals surface area contributed by atoms with Crippen LogP contribution in [0.15, 0.2) is 18.2 Å². The number of hydrogen-bond acceptors (Lipinski definition) is 4. The average molecular weight is 304 g/mol. The van der Waals surface area contributed by atoms with Crippen molar-refractivity contribution in [1.82, 2.24) is 5.32 Å². The molecule has 0 atom stereocenters. The van der Waals surface area contributed by atoms with Crippen LogP contribution in [-0.4, -0.2) is 25.5 Å². The highest BCUT2D eigenvalue weighted by atomic mass is 16.5. The molecule has 22 heavy (non-hydrogen) atoms. The van der Waals surface area contributed by atoms with Gasteiger partial charge in [-0.15, -0.1) is 6.42 Å². The van der Waals surface area contributed by atoms with Gasteiger partial charge >= 0.3 is 5.97 Å². The minimum absolute atomic E-state index is 0.0650. The van der Waals surface area contributed by atoms with Crippen molar-refractivity contribution in [3.63, 3.8) is 0 Å². The molecule has 0 aliphatic heterocycles. The molecule has 0 saturated carbocycles. The lowest BCUT2D eigenvalue weighted by Crippen LogP contribution is -2.25. The van der Waals surface area contributed by atoms with Crippen LogP contribution < -0.4 is 10.6 Å². The van der Waals surface area contributed by atoms with Crippen molar-refractivity contribution in [3.05, 3.63) is 29.3 Å². The van der Waals surface area contributed by atoms with E-state index in [4.69, 9.17) is 11.2 Å². The second kappa shape index (κ2) is 11.2. The smallest absolute Gasteiger partial charge is 0.305 e. The number of amides is 1. The zero-order valence-corrected chi connectivity index (χ0v) is 13.7. The number of ether oxygens (including phenoxy) is 1. The molecule has 0 heterocycles. The predicted octanol–water partition coefficient (Wildman–Crippen LogP) is 2.57. The first kappa shape index (κ1) is 19.5. The SMILES string of the molecule is C#CCNC(=O)c1cc(NC)ccc1COC(=O)CC.CC. The Balaban J connectivity index is 0.00000211. The number of rotatable bonds is 6. The largest absolute Gasteiger partial charge is 0.461 e. The maximum absolute atomic E-state index is 12.0. The molecule has 0 aromatic heterocycles. The summed E-state index contributed by atoms with van der Waals surface area (Å²) in [6.07, 6.45) is 5.42. The van der Waals surface area contributed by atoms with Crippen LogP contribution in [0, 0.1) is 12.3 Å². The molecule has 120 valence electrons. The van der Waals surface area contributed by atoms with E-state index in [1.54, 1.807) is 26.1 Å². The Bertz CT molecular complexity index is 533. The molecule has 5 heteroatoms. The molecule has 0 unspecified atom stereocenters. The van der Waals surface area contributed by atoms with E-state index >= 15 is 0 Å².